The quantitative estimate of drug-likeness (QED) is 0.869. The lowest BCUT2D eigenvalue weighted by atomic mass is 10.2. The summed E-state index contributed by atoms with van der Waals surface area (Å²) in [5.74, 6) is -0.104. The Morgan fingerprint density at radius 3 is 2.94 bits per heavy atom. The number of hydrogen-bond acceptors (Lipinski definition) is 3. The minimum atomic E-state index is -0.104. The lowest BCUT2D eigenvalue weighted by Gasteiger charge is -2.09. The van der Waals surface area contributed by atoms with Gasteiger partial charge in [0.2, 0.25) is 5.91 Å². The van der Waals surface area contributed by atoms with Crippen LogP contribution in [0.4, 0.5) is 5.69 Å². The molecule has 0 saturated heterocycles. The van der Waals surface area contributed by atoms with Gasteiger partial charge >= 0.3 is 0 Å². The van der Waals surface area contributed by atoms with Crippen LogP contribution in [0, 0.1) is 0 Å². The van der Waals surface area contributed by atoms with Crippen molar-refractivity contribution in [3.8, 4) is 5.69 Å². The predicted octanol–water partition coefficient (Wildman–Crippen LogP) is 1.60. The second-order valence-electron chi connectivity index (χ2n) is 3.05. The largest absolute Gasteiger partial charge is 0.323 e. The molecule has 0 bridgehead atoms. The molecule has 0 aliphatic rings. The first kappa shape index (κ1) is 10.8. The molecular weight excluding hydrogens is 272 g/mol. The first-order valence-electron chi connectivity index (χ1n) is 4.63. The predicted molar refractivity (Wildman–Crippen MR) is 63.8 cm³/mol. The first-order chi connectivity index (χ1) is 7.81. The number of para-hydroxylation sites is 2. The number of rotatable bonds is 3. The van der Waals surface area contributed by atoms with Crippen molar-refractivity contribution in [2.45, 2.75) is 0 Å². The summed E-state index contributed by atoms with van der Waals surface area (Å²) in [6.45, 7) is 0. The molecule has 6 heteroatoms. The van der Waals surface area contributed by atoms with Gasteiger partial charge in [-0.05, 0) is 12.1 Å². The van der Waals surface area contributed by atoms with Gasteiger partial charge in [0.05, 0.1) is 29.1 Å². The maximum atomic E-state index is 11.3. The smallest absolute Gasteiger partial charge is 0.235 e. The number of nitrogens with zero attached hydrogens (tertiary/aromatic N) is 3. The molecule has 1 heterocycles. The van der Waals surface area contributed by atoms with Gasteiger partial charge in [0.15, 0.2) is 0 Å². The number of alkyl halides is 1. The van der Waals surface area contributed by atoms with E-state index in [0.29, 0.717) is 5.69 Å². The van der Waals surface area contributed by atoms with Gasteiger partial charge in [-0.15, -0.1) is 5.10 Å². The SMILES string of the molecule is O=C(CBr)Nc1ccccc1-n1ccnn1. The van der Waals surface area contributed by atoms with Crippen molar-refractivity contribution in [2.24, 2.45) is 0 Å². The Bertz CT molecular complexity index is 483. The summed E-state index contributed by atoms with van der Waals surface area (Å²) in [7, 11) is 0. The number of nitrogens with one attached hydrogen (secondary N) is 1. The summed E-state index contributed by atoms with van der Waals surface area (Å²) < 4.78 is 1.60. The summed E-state index contributed by atoms with van der Waals surface area (Å²) in [6.07, 6.45) is 3.31. The Labute approximate surface area is 101 Å². The molecule has 82 valence electrons. The molecule has 1 aromatic carbocycles. The number of aromatic nitrogens is 3. The van der Waals surface area contributed by atoms with Crippen LogP contribution in [-0.4, -0.2) is 26.2 Å². The van der Waals surface area contributed by atoms with Crippen molar-refractivity contribution in [3.05, 3.63) is 36.7 Å². The van der Waals surface area contributed by atoms with Gasteiger partial charge in [-0.3, -0.25) is 4.79 Å². The van der Waals surface area contributed by atoms with Crippen molar-refractivity contribution in [2.75, 3.05) is 10.6 Å². The maximum Gasteiger partial charge on any atom is 0.235 e. The van der Waals surface area contributed by atoms with Crippen molar-refractivity contribution >= 4 is 27.5 Å². The van der Waals surface area contributed by atoms with E-state index in [4.69, 9.17) is 0 Å². The molecular formula is C10H9BrN4O. The Hall–Kier alpha value is -1.69. The van der Waals surface area contributed by atoms with E-state index in [1.807, 2.05) is 24.3 Å². The average Bonchev–Trinajstić information content (AvgIpc) is 2.83. The summed E-state index contributed by atoms with van der Waals surface area (Å²) in [6, 6.07) is 7.40. The van der Waals surface area contributed by atoms with Crippen LogP contribution in [0.25, 0.3) is 5.69 Å². The molecule has 16 heavy (non-hydrogen) atoms. The number of carbonyl (C=O) groups is 1. The minimum absolute atomic E-state index is 0.104. The van der Waals surface area contributed by atoms with Crippen LogP contribution in [0.2, 0.25) is 0 Å². The van der Waals surface area contributed by atoms with E-state index in [1.165, 1.54) is 0 Å². The van der Waals surface area contributed by atoms with Crippen molar-refractivity contribution < 1.29 is 4.79 Å². The van der Waals surface area contributed by atoms with Crippen LogP contribution in [-0.2, 0) is 4.79 Å². The number of halogens is 1. The zero-order valence-electron chi connectivity index (χ0n) is 8.30. The average molecular weight is 281 g/mol. The van der Waals surface area contributed by atoms with Crippen molar-refractivity contribution in [1.82, 2.24) is 15.0 Å². The molecule has 2 rings (SSSR count). The van der Waals surface area contributed by atoms with Crippen LogP contribution < -0.4 is 5.32 Å². The van der Waals surface area contributed by atoms with E-state index in [-0.39, 0.29) is 11.2 Å². The highest BCUT2D eigenvalue weighted by atomic mass is 79.9. The molecule has 0 aliphatic heterocycles. The second kappa shape index (κ2) is 4.89. The molecule has 0 unspecified atom stereocenters. The highest BCUT2D eigenvalue weighted by molar-refractivity contribution is 9.09. The molecule has 0 fully saturated rings. The number of amides is 1. The third-order valence-corrected chi connectivity index (χ3v) is 2.48. The summed E-state index contributed by atoms with van der Waals surface area (Å²) in [5.41, 5.74) is 1.49. The molecule has 0 atom stereocenters. The molecule has 0 radical (unpaired) electrons. The van der Waals surface area contributed by atoms with Gasteiger partial charge in [0, 0.05) is 0 Å². The zero-order chi connectivity index (χ0) is 11.4. The topological polar surface area (TPSA) is 59.8 Å². The maximum absolute atomic E-state index is 11.3. The van der Waals surface area contributed by atoms with Crippen LogP contribution in [0.15, 0.2) is 36.7 Å². The molecule has 0 saturated carbocycles. The summed E-state index contributed by atoms with van der Waals surface area (Å²) >= 11 is 3.10. The van der Waals surface area contributed by atoms with Gasteiger partial charge in [-0.25, -0.2) is 4.68 Å². The first-order valence-corrected chi connectivity index (χ1v) is 5.75. The Morgan fingerprint density at radius 2 is 2.25 bits per heavy atom. The van der Waals surface area contributed by atoms with Crippen LogP contribution in [0.3, 0.4) is 0 Å². The van der Waals surface area contributed by atoms with Crippen molar-refractivity contribution in [1.29, 1.82) is 0 Å². The van der Waals surface area contributed by atoms with E-state index >= 15 is 0 Å². The van der Waals surface area contributed by atoms with E-state index in [1.54, 1.807) is 17.1 Å². The third-order valence-electron chi connectivity index (χ3n) is 1.97. The number of carbonyl (C=O) groups excluding carboxylic acids is 1. The molecule has 2 aromatic rings. The highest BCUT2D eigenvalue weighted by Crippen LogP contribution is 2.18. The normalized spacial score (nSPS) is 10.1. The van der Waals surface area contributed by atoms with Gasteiger partial charge in [0.25, 0.3) is 0 Å². The fourth-order valence-electron chi connectivity index (χ4n) is 1.30. The van der Waals surface area contributed by atoms with Gasteiger partial charge in [-0.1, -0.05) is 33.3 Å². The van der Waals surface area contributed by atoms with Gasteiger partial charge < -0.3 is 5.32 Å². The van der Waals surface area contributed by atoms with E-state index < -0.39 is 0 Å². The second-order valence-corrected chi connectivity index (χ2v) is 3.61. The summed E-state index contributed by atoms with van der Waals surface area (Å²) in [5, 5.41) is 10.7. The fraction of sp³-hybridized carbons (Fsp3) is 0.100. The minimum Gasteiger partial charge on any atom is -0.323 e. The lowest BCUT2D eigenvalue weighted by molar-refractivity contribution is -0.113. The zero-order valence-corrected chi connectivity index (χ0v) is 9.89. The standard InChI is InChI=1S/C10H9BrN4O/c11-7-10(16)13-8-3-1-2-4-9(8)15-6-5-12-14-15/h1-6H,7H2,(H,13,16). The van der Waals surface area contributed by atoms with Gasteiger partial charge in [0.1, 0.15) is 0 Å². The summed E-state index contributed by atoms with van der Waals surface area (Å²) in [4.78, 5) is 11.3. The lowest BCUT2D eigenvalue weighted by Crippen LogP contribution is -2.14. The number of anilines is 1. The third kappa shape index (κ3) is 2.27. The molecule has 1 amide bonds. The highest BCUT2D eigenvalue weighted by Gasteiger charge is 2.06. The molecule has 5 nitrogen and oxygen atoms in total. The fourth-order valence-corrected chi connectivity index (χ4v) is 1.44. The Kier molecular flexibility index (Phi) is 3.31. The van der Waals surface area contributed by atoms with Gasteiger partial charge in [-0.2, -0.15) is 0 Å². The van der Waals surface area contributed by atoms with Crippen LogP contribution >= 0.6 is 15.9 Å². The van der Waals surface area contributed by atoms with E-state index in [0.717, 1.165) is 5.69 Å². The number of benzene rings is 1. The molecule has 1 N–H and O–H groups in total. The number of hydrogen-bond donors (Lipinski definition) is 1. The van der Waals surface area contributed by atoms with Crippen molar-refractivity contribution in [3.63, 3.8) is 0 Å². The molecule has 0 spiro atoms. The Balaban J connectivity index is 2.35. The van der Waals surface area contributed by atoms with Crippen LogP contribution in [0.1, 0.15) is 0 Å². The molecule has 1 aromatic heterocycles. The molecule has 0 aliphatic carbocycles. The van der Waals surface area contributed by atoms with Crippen LogP contribution in [0.5, 0.6) is 0 Å². The van der Waals surface area contributed by atoms with E-state index in [2.05, 4.69) is 31.6 Å². The Morgan fingerprint density at radius 1 is 1.44 bits per heavy atom. The monoisotopic (exact) mass is 280 g/mol. The van der Waals surface area contributed by atoms with E-state index in [9.17, 15) is 4.79 Å².